The largest absolute Gasteiger partial charge is 0.438 e. The molecule has 0 unspecified atom stereocenters. The molecule has 1 aromatic rings. The first-order chi connectivity index (χ1) is 12.9. The van der Waals surface area contributed by atoms with Crippen molar-refractivity contribution >= 4 is 21.8 Å². The SMILES string of the molecule is CN(C)S(=O)(=O)c1ccc(C(=O)N2CC[C@@H](NC(=O)C3(C(F)(F)F)CC3)C2)o1. The molecular weight excluding hydrogens is 403 g/mol. The number of hydrogen-bond donors (Lipinski definition) is 1. The van der Waals surface area contributed by atoms with Crippen molar-refractivity contribution in [1.82, 2.24) is 14.5 Å². The van der Waals surface area contributed by atoms with Gasteiger partial charge in [-0.3, -0.25) is 9.59 Å². The molecule has 156 valence electrons. The topological polar surface area (TPSA) is 99.9 Å². The standard InChI is InChI=1S/C16H20F3N3O5S/c1-21(2)28(25,26)12-4-3-11(27-12)13(23)22-8-5-10(9-22)20-14(24)15(6-7-15)16(17,18)19/h3-4,10H,5-9H2,1-2H3,(H,20,24)/t10-/m1/s1. The summed E-state index contributed by atoms with van der Waals surface area (Å²) in [5.74, 6) is -1.84. The molecule has 0 aromatic carbocycles. The molecule has 8 nitrogen and oxygen atoms in total. The number of nitrogens with one attached hydrogen (secondary N) is 1. The van der Waals surface area contributed by atoms with E-state index in [-0.39, 0.29) is 36.8 Å². The molecule has 3 rings (SSSR count). The fourth-order valence-electron chi connectivity index (χ4n) is 3.06. The molecule has 1 saturated heterocycles. The number of alkyl halides is 3. The van der Waals surface area contributed by atoms with Gasteiger partial charge in [-0.1, -0.05) is 0 Å². The number of carbonyl (C=O) groups excluding carboxylic acids is 2. The average Bonchev–Trinajstić information content (AvgIpc) is 3.07. The number of rotatable bonds is 5. The van der Waals surface area contributed by atoms with Crippen LogP contribution in [0.3, 0.4) is 0 Å². The number of furan rings is 1. The third kappa shape index (κ3) is 3.50. The Morgan fingerprint density at radius 3 is 2.46 bits per heavy atom. The van der Waals surface area contributed by atoms with E-state index in [0.717, 1.165) is 10.4 Å². The maximum Gasteiger partial charge on any atom is 0.403 e. The van der Waals surface area contributed by atoms with E-state index in [2.05, 4.69) is 5.32 Å². The highest BCUT2D eigenvalue weighted by molar-refractivity contribution is 7.88. The third-order valence-electron chi connectivity index (χ3n) is 5.07. The second-order valence-corrected chi connectivity index (χ2v) is 9.28. The molecule has 0 radical (unpaired) electrons. The van der Waals surface area contributed by atoms with Crippen LogP contribution >= 0.6 is 0 Å². The van der Waals surface area contributed by atoms with E-state index in [9.17, 15) is 31.2 Å². The second kappa shape index (κ2) is 6.76. The minimum Gasteiger partial charge on any atom is -0.438 e. The number of likely N-dealkylation sites (tertiary alicyclic amines) is 1. The predicted octanol–water partition coefficient (Wildman–Crippen LogP) is 1.20. The summed E-state index contributed by atoms with van der Waals surface area (Å²) < 4.78 is 69.2. The summed E-state index contributed by atoms with van der Waals surface area (Å²) in [6.45, 7) is 0.230. The quantitative estimate of drug-likeness (QED) is 0.767. The van der Waals surface area contributed by atoms with E-state index in [4.69, 9.17) is 4.42 Å². The first kappa shape index (κ1) is 20.6. The van der Waals surface area contributed by atoms with Gasteiger partial charge in [0.05, 0.1) is 0 Å². The summed E-state index contributed by atoms with van der Waals surface area (Å²) in [4.78, 5) is 25.8. The summed E-state index contributed by atoms with van der Waals surface area (Å²) in [6, 6.07) is 1.79. The molecule has 1 aromatic heterocycles. The van der Waals surface area contributed by atoms with Crippen LogP contribution in [0.25, 0.3) is 0 Å². The maximum atomic E-state index is 13.0. The minimum atomic E-state index is -4.59. The first-order valence-electron chi connectivity index (χ1n) is 8.58. The van der Waals surface area contributed by atoms with Gasteiger partial charge in [0.15, 0.2) is 5.76 Å². The Hall–Kier alpha value is -2.08. The monoisotopic (exact) mass is 423 g/mol. The van der Waals surface area contributed by atoms with Crippen molar-refractivity contribution < 1.29 is 35.6 Å². The van der Waals surface area contributed by atoms with Crippen molar-refractivity contribution in [2.45, 2.75) is 36.6 Å². The molecule has 1 atom stereocenters. The van der Waals surface area contributed by atoms with Crippen molar-refractivity contribution in [2.75, 3.05) is 27.2 Å². The smallest absolute Gasteiger partial charge is 0.403 e. The fraction of sp³-hybridized carbons (Fsp3) is 0.625. The molecule has 1 aliphatic heterocycles. The van der Waals surface area contributed by atoms with Gasteiger partial charge in [0.2, 0.25) is 11.0 Å². The molecule has 0 spiro atoms. The molecule has 2 fully saturated rings. The van der Waals surface area contributed by atoms with Crippen molar-refractivity contribution in [3.63, 3.8) is 0 Å². The lowest BCUT2D eigenvalue weighted by atomic mass is 10.1. The zero-order valence-corrected chi connectivity index (χ0v) is 16.1. The van der Waals surface area contributed by atoms with E-state index in [0.29, 0.717) is 6.42 Å². The highest BCUT2D eigenvalue weighted by Crippen LogP contribution is 2.57. The zero-order chi connectivity index (χ0) is 20.9. The summed E-state index contributed by atoms with van der Waals surface area (Å²) >= 11 is 0. The Morgan fingerprint density at radius 1 is 1.29 bits per heavy atom. The predicted molar refractivity (Wildman–Crippen MR) is 89.8 cm³/mol. The Bertz CT molecular complexity index is 890. The van der Waals surface area contributed by atoms with E-state index >= 15 is 0 Å². The van der Waals surface area contributed by atoms with Gasteiger partial charge in [-0.2, -0.15) is 13.2 Å². The van der Waals surface area contributed by atoms with Gasteiger partial charge in [0, 0.05) is 33.2 Å². The van der Waals surface area contributed by atoms with Gasteiger partial charge in [-0.05, 0) is 31.4 Å². The molecule has 2 heterocycles. The molecule has 2 aliphatic rings. The van der Waals surface area contributed by atoms with Gasteiger partial charge in [0.1, 0.15) is 5.41 Å². The average molecular weight is 423 g/mol. The number of carbonyl (C=O) groups is 2. The van der Waals surface area contributed by atoms with Crippen LogP contribution in [-0.4, -0.2) is 68.8 Å². The van der Waals surface area contributed by atoms with Crippen LogP contribution in [0.4, 0.5) is 13.2 Å². The summed E-state index contributed by atoms with van der Waals surface area (Å²) in [5.41, 5.74) is -2.30. The lowest BCUT2D eigenvalue weighted by Gasteiger charge is -2.21. The number of amides is 2. The molecule has 28 heavy (non-hydrogen) atoms. The van der Waals surface area contributed by atoms with E-state index < -0.39 is 39.5 Å². The fourth-order valence-corrected chi connectivity index (χ4v) is 3.85. The Labute approximate surface area is 159 Å². The highest BCUT2D eigenvalue weighted by Gasteiger charge is 2.68. The second-order valence-electron chi connectivity index (χ2n) is 7.20. The minimum absolute atomic E-state index is 0.0228. The van der Waals surface area contributed by atoms with Crippen molar-refractivity contribution in [3.8, 4) is 0 Å². The summed E-state index contributed by atoms with van der Waals surface area (Å²) in [6.07, 6.45) is -4.75. The van der Waals surface area contributed by atoms with Crippen LogP contribution in [-0.2, 0) is 14.8 Å². The summed E-state index contributed by atoms with van der Waals surface area (Å²) in [7, 11) is -1.19. The number of sulfonamides is 1. The van der Waals surface area contributed by atoms with Gasteiger partial charge >= 0.3 is 6.18 Å². The first-order valence-corrected chi connectivity index (χ1v) is 10.0. The lowest BCUT2D eigenvalue weighted by molar-refractivity contribution is -0.192. The molecule has 1 aliphatic carbocycles. The van der Waals surface area contributed by atoms with Gasteiger partial charge < -0.3 is 14.6 Å². The van der Waals surface area contributed by atoms with Crippen LogP contribution in [0.2, 0.25) is 0 Å². The van der Waals surface area contributed by atoms with Crippen molar-refractivity contribution in [1.29, 1.82) is 0 Å². The van der Waals surface area contributed by atoms with Crippen molar-refractivity contribution in [2.24, 2.45) is 5.41 Å². The molecular formula is C16H20F3N3O5S. The van der Waals surface area contributed by atoms with E-state index in [1.165, 1.54) is 25.1 Å². The van der Waals surface area contributed by atoms with Gasteiger partial charge in [-0.15, -0.1) is 0 Å². The van der Waals surface area contributed by atoms with Crippen LogP contribution in [0.1, 0.15) is 29.8 Å². The Balaban J connectivity index is 1.62. The van der Waals surface area contributed by atoms with Gasteiger partial charge in [-0.25, -0.2) is 12.7 Å². The third-order valence-corrected chi connectivity index (χ3v) is 6.75. The van der Waals surface area contributed by atoms with E-state index in [1.54, 1.807) is 0 Å². The molecule has 12 heteroatoms. The van der Waals surface area contributed by atoms with Crippen LogP contribution < -0.4 is 5.32 Å². The molecule has 0 bridgehead atoms. The molecule has 2 amide bonds. The number of nitrogens with zero attached hydrogens (tertiary/aromatic N) is 2. The number of halogens is 3. The van der Waals surface area contributed by atoms with Crippen LogP contribution in [0, 0.1) is 5.41 Å². The maximum absolute atomic E-state index is 13.0. The molecule has 1 saturated carbocycles. The van der Waals surface area contributed by atoms with Crippen LogP contribution in [0.15, 0.2) is 21.6 Å². The number of hydrogen-bond acceptors (Lipinski definition) is 5. The zero-order valence-electron chi connectivity index (χ0n) is 15.2. The van der Waals surface area contributed by atoms with Crippen molar-refractivity contribution in [3.05, 3.63) is 17.9 Å². The van der Waals surface area contributed by atoms with Crippen LogP contribution in [0.5, 0.6) is 0 Å². The summed E-state index contributed by atoms with van der Waals surface area (Å²) in [5, 5.41) is 2.00. The Morgan fingerprint density at radius 2 is 1.93 bits per heavy atom. The lowest BCUT2D eigenvalue weighted by Crippen LogP contribution is -2.46. The van der Waals surface area contributed by atoms with E-state index in [1.807, 2.05) is 0 Å². The molecule has 1 N–H and O–H groups in total. The van der Waals surface area contributed by atoms with Gasteiger partial charge in [0.25, 0.3) is 15.9 Å². The highest BCUT2D eigenvalue weighted by atomic mass is 32.2. The Kier molecular flexibility index (Phi) is 4.99. The normalized spacial score (nSPS) is 21.8.